The average Bonchev–Trinajstić information content (AvgIpc) is 3.39. The highest BCUT2D eigenvalue weighted by Crippen LogP contribution is 2.28. The van der Waals surface area contributed by atoms with Gasteiger partial charge in [-0.15, -0.1) is 0 Å². The Morgan fingerprint density at radius 3 is 3.00 bits per heavy atom. The van der Waals surface area contributed by atoms with Crippen molar-refractivity contribution in [1.29, 1.82) is 0 Å². The molecule has 0 spiro atoms. The van der Waals surface area contributed by atoms with Gasteiger partial charge in [-0.25, -0.2) is 4.39 Å². The fraction of sp³-hybridized carbons (Fsp3) is 0.238. The largest absolute Gasteiger partial charge is 0.491 e. The van der Waals surface area contributed by atoms with E-state index in [9.17, 15) is 9.18 Å². The lowest BCUT2D eigenvalue weighted by Gasteiger charge is -2.12. The van der Waals surface area contributed by atoms with Crippen molar-refractivity contribution in [3.63, 3.8) is 0 Å². The zero-order valence-electron chi connectivity index (χ0n) is 15.2. The first-order valence-corrected chi connectivity index (χ1v) is 9.15. The molecule has 6 nitrogen and oxygen atoms in total. The molecule has 1 atom stereocenters. The zero-order valence-corrected chi connectivity index (χ0v) is 15.2. The fourth-order valence-electron chi connectivity index (χ4n) is 3.14. The molecule has 0 bridgehead atoms. The highest BCUT2D eigenvalue weighted by molar-refractivity contribution is 6.06. The van der Waals surface area contributed by atoms with Crippen molar-refractivity contribution >= 4 is 11.6 Å². The van der Waals surface area contributed by atoms with Crippen molar-refractivity contribution in [2.24, 2.45) is 0 Å². The maximum atomic E-state index is 14.1. The number of halogens is 1. The maximum Gasteiger partial charge on any atom is 0.255 e. The van der Waals surface area contributed by atoms with Gasteiger partial charge in [-0.2, -0.15) is 5.10 Å². The third-order valence-electron chi connectivity index (χ3n) is 4.59. The van der Waals surface area contributed by atoms with Crippen LogP contribution >= 0.6 is 0 Å². The monoisotopic (exact) mass is 381 g/mol. The predicted molar refractivity (Wildman–Crippen MR) is 103 cm³/mol. The molecule has 1 fully saturated rings. The van der Waals surface area contributed by atoms with Crippen LogP contribution in [0, 0.1) is 5.82 Å². The molecule has 0 saturated carbocycles. The van der Waals surface area contributed by atoms with Crippen LogP contribution in [0.1, 0.15) is 23.2 Å². The topological polar surface area (TPSA) is 76.2 Å². The minimum atomic E-state index is -0.397. The molecule has 2 N–H and O–H groups in total. The van der Waals surface area contributed by atoms with Crippen molar-refractivity contribution in [3.8, 4) is 17.0 Å². The SMILES string of the molecule is O=C(Nc1cn[nH]c1-c1ccccc1F)c1cccc(OC[C@@H]2CCCO2)c1. The lowest BCUT2D eigenvalue weighted by atomic mass is 10.1. The Balaban J connectivity index is 1.47. The van der Waals surface area contributed by atoms with E-state index in [2.05, 4.69) is 15.5 Å². The summed E-state index contributed by atoms with van der Waals surface area (Å²) in [6.07, 6.45) is 3.59. The molecular formula is C21H20FN3O3. The maximum absolute atomic E-state index is 14.1. The van der Waals surface area contributed by atoms with Gasteiger partial charge in [-0.05, 0) is 43.2 Å². The highest BCUT2D eigenvalue weighted by Gasteiger charge is 2.17. The Morgan fingerprint density at radius 1 is 1.29 bits per heavy atom. The molecule has 144 valence electrons. The number of amides is 1. The molecule has 2 aromatic carbocycles. The second-order valence-electron chi connectivity index (χ2n) is 6.57. The summed E-state index contributed by atoms with van der Waals surface area (Å²) in [7, 11) is 0. The normalized spacial score (nSPS) is 16.1. The lowest BCUT2D eigenvalue weighted by Crippen LogP contribution is -2.17. The lowest BCUT2D eigenvalue weighted by molar-refractivity contribution is 0.0679. The van der Waals surface area contributed by atoms with Gasteiger partial charge >= 0.3 is 0 Å². The van der Waals surface area contributed by atoms with E-state index in [0.717, 1.165) is 19.4 Å². The van der Waals surface area contributed by atoms with Gasteiger partial charge in [-0.1, -0.05) is 18.2 Å². The van der Waals surface area contributed by atoms with Crippen LogP contribution in [0.25, 0.3) is 11.3 Å². The number of H-pyrrole nitrogens is 1. The second kappa shape index (κ2) is 8.22. The van der Waals surface area contributed by atoms with Crippen molar-refractivity contribution in [1.82, 2.24) is 10.2 Å². The van der Waals surface area contributed by atoms with Crippen molar-refractivity contribution in [2.45, 2.75) is 18.9 Å². The van der Waals surface area contributed by atoms with E-state index in [0.29, 0.717) is 34.9 Å². The molecule has 1 amide bonds. The number of carbonyl (C=O) groups excluding carboxylic acids is 1. The number of hydrogen-bond acceptors (Lipinski definition) is 4. The van der Waals surface area contributed by atoms with Gasteiger partial charge in [0.25, 0.3) is 5.91 Å². The Morgan fingerprint density at radius 2 is 2.18 bits per heavy atom. The fourth-order valence-corrected chi connectivity index (χ4v) is 3.14. The van der Waals surface area contributed by atoms with Crippen LogP contribution in [-0.4, -0.2) is 35.4 Å². The van der Waals surface area contributed by atoms with Crippen LogP contribution in [0.15, 0.2) is 54.7 Å². The molecule has 0 aliphatic carbocycles. The molecule has 7 heteroatoms. The highest BCUT2D eigenvalue weighted by atomic mass is 19.1. The van der Waals surface area contributed by atoms with Gasteiger partial charge in [0.15, 0.2) is 0 Å². The summed E-state index contributed by atoms with van der Waals surface area (Å²) >= 11 is 0. The van der Waals surface area contributed by atoms with Crippen LogP contribution in [0.3, 0.4) is 0 Å². The first-order valence-electron chi connectivity index (χ1n) is 9.15. The summed E-state index contributed by atoms with van der Waals surface area (Å²) in [5.41, 5.74) is 1.59. The van der Waals surface area contributed by atoms with Crippen molar-refractivity contribution in [2.75, 3.05) is 18.5 Å². The molecule has 4 rings (SSSR count). The molecule has 0 unspecified atom stereocenters. The summed E-state index contributed by atoms with van der Waals surface area (Å²) in [5.74, 6) is -0.127. The quantitative estimate of drug-likeness (QED) is 0.676. The third-order valence-corrected chi connectivity index (χ3v) is 4.59. The van der Waals surface area contributed by atoms with Crippen molar-refractivity contribution in [3.05, 3.63) is 66.1 Å². The molecule has 1 saturated heterocycles. The third kappa shape index (κ3) is 4.04. The number of nitrogens with one attached hydrogen (secondary N) is 2. The molecule has 0 radical (unpaired) electrons. The zero-order chi connectivity index (χ0) is 19.3. The first-order chi connectivity index (χ1) is 13.7. The van der Waals surface area contributed by atoms with Crippen molar-refractivity contribution < 1.29 is 18.7 Å². The smallest absolute Gasteiger partial charge is 0.255 e. The summed E-state index contributed by atoms with van der Waals surface area (Å²) in [4.78, 5) is 12.7. The minimum Gasteiger partial charge on any atom is -0.491 e. The molecule has 3 aromatic rings. The number of ether oxygens (including phenoxy) is 2. The van der Waals surface area contributed by atoms with Crippen LogP contribution in [0.4, 0.5) is 10.1 Å². The van der Waals surface area contributed by atoms with Crippen LogP contribution in [-0.2, 0) is 4.74 Å². The number of nitrogens with zero attached hydrogens (tertiary/aromatic N) is 1. The van der Waals surface area contributed by atoms with E-state index in [-0.39, 0.29) is 12.0 Å². The van der Waals surface area contributed by atoms with E-state index < -0.39 is 5.82 Å². The van der Waals surface area contributed by atoms with E-state index in [4.69, 9.17) is 9.47 Å². The summed E-state index contributed by atoms with van der Waals surface area (Å²) in [5, 5.41) is 9.45. The van der Waals surface area contributed by atoms with Gasteiger partial charge in [0.2, 0.25) is 0 Å². The standard InChI is InChI=1S/C21H20FN3O3/c22-18-9-2-1-8-17(18)20-19(12-23-25-20)24-21(26)14-5-3-6-15(11-14)28-13-16-7-4-10-27-16/h1-3,5-6,8-9,11-12,16H,4,7,10,13H2,(H,23,25)(H,24,26)/t16-/m0/s1. The summed E-state index contributed by atoms with van der Waals surface area (Å²) < 4.78 is 25.4. The van der Waals surface area contributed by atoms with E-state index in [1.54, 1.807) is 42.5 Å². The molecule has 28 heavy (non-hydrogen) atoms. The van der Waals surface area contributed by atoms with E-state index >= 15 is 0 Å². The number of hydrogen-bond donors (Lipinski definition) is 2. The predicted octanol–water partition coefficient (Wildman–Crippen LogP) is 4.03. The van der Waals surface area contributed by atoms with Crippen LogP contribution in [0.5, 0.6) is 5.75 Å². The van der Waals surface area contributed by atoms with Gasteiger partial charge in [0.1, 0.15) is 18.2 Å². The van der Waals surface area contributed by atoms with Crippen LogP contribution < -0.4 is 10.1 Å². The minimum absolute atomic E-state index is 0.103. The molecule has 1 aliphatic rings. The summed E-state index contributed by atoms with van der Waals surface area (Å²) in [6.45, 7) is 1.23. The molecule has 1 aliphatic heterocycles. The number of rotatable bonds is 6. The summed E-state index contributed by atoms with van der Waals surface area (Å²) in [6, 6.07) is 13.2. The number of aromatic nitrogens is 2. The molecular weight excluding hydrogens is 361 g/mol. The first kappa shape index (κ1) is 18.2. The Hall–Kier alpha value is -3.19. The Kier molecular flexibility index (Phi) is 5.34. The van der Waals surface area contributed by atoms with E-state index in [1.807, 2.05) is 0 Å². The van der Waals surface area contributed by atoms with Gasteiger partial charge < -0.3 is 14.8 Å². The van der Waals surface area contributed by atoms with Gasteiger partial charge in [0, 0.05) is 17.7 Å². The molecule has 1 aromatic heterocycles. The van der Waals surface area contributed by atoms with Gasteiger partial charge in [-0.3, -0.25) is 9.89 Å². The molecule has 2 heterocycles. The van der Waals surface area contributed by atoms with Crippen LogP contribution in [0.2, 0.25) is 0 Å². The van der Waals surface area contributed by atoms with E-state index in [1.165, 1.54) is 12.3 Å². The second-order valence-corrected chi connectivity index (χ2v) is 6.57. The Labute approximate surface area is 161 Å². The Bertz CT molecular complexity index is 967. The van der Waals surface area contributed by atoms with Gasteiger partial charge in [0.05, 0.1) is 23.7 Å². The number of anilines is 1. The number of benzene rings is 2. The number of aromatic amines is 1. The average molecular weight is 381 g/mol. The number of carbonyl (C=O) groups is 1.